The van der Waals surface area contributed by atoms with Crippen molar-refractivity contribution < 1.29 is 31.9 Å². The first-order chi connectivity index (χ1) is 20.4. The third-order valence-electron chi connectivity index (χ3n) is 6.02. The SMILES string of the molecule is O=C1Cc2ccc(Cl)cc2N1.O=C1Nc2cc(Cl)ccc2C1=Cc1ccc(F)c(Cl)c1F.O=Cc1ccc(F)c(Cl)c1F. The van der Waals surface area contributed by atoms with Crippen LogP contribution in [0.2, 0.25) is 20.1 Å². The maximum absolute atomic E-state index is 13.9. The lowest BCUT2D eigenvalue weighted by molar-refractivity contribution is -0.115. The Hall–Kier alpha value is -3.89. The molecule has 0 aromatic heterocycles. The number of fused-ring (bicyclic) bond motifs is 2. The van der Waals surface area contributed by atoms with Crippen molar-refractivity contribution in [3.63, 3.8) is 0 Å². The van der Waals surface area contributed by atoms with Gasteiger partial charge in [0.15, 0.2) is 17.9 Å². The second-order valence-electron chi connectivity index (χ2n) is 8.88. The van der Waals surface area contributed by atoms with Gasteiger partial charge in [-0.05, 0) is 60.2 Å². The average Bonchev–Trinajstić information content (AvgIpc) is 3.49. The average molecular weight is 670 g/mol. The van der Waals surface area contributed by atoms with Gasteiger partial charge in [0.2, 0.25) is 5.91 Å². The highest BCUT2D eigenvalue weighted by Crippen LogP contribution is 2.36. The van der Waals surface area contributed by atoms with Crippen molar-refractivity contribution in [2.75, 3.05) is 10.6 Å². The Labute approximate surface area is 262 Å². The van der Waals surface area contributed by atoms with Gasteiger partial charge in [0, 0.05) is 32.4 Å². The van der Waals surface area contributed by atoms with Crippen LogP contribution in [0.3, 0.4) is 0 Å². The third kappa shape index (κ3) is 7.37. The molecule has 2 aliphatic rings. The Kier molecular flexibility index (Phi) is 10.1. The van der Waals surface area contributed by atoms with Gasteiger partial charge in [0.25, 0.3) is 5.91 Å². The second kappa shape index (κ2) is 13.6. The number of rotatable bonds is 2. The fraction of sp³-hybridized carbons (Fsp3) is 0.0333. The van der Waals surface area contributed by atoms with Crippen molar-refractivity contribution in [1.82, 2.24) is 0 Å². The molecule has 4 aromatic rings. The van der Waals surface area contributed by atoms with Crippen LogP contribution in [0.15, 0.2) is 60.7 Å². The molecule has 0 saturated carbocycles. The van der Waals surface area contributed by atoms with E-state index in [1.165, 1.54) is 12.1 Å². The van der Waals surface area contributed by atoms with Crippen molar-refractivity contribution in [2.45, 2.75) is 6.42 Å². The number of hydrogen-bond donors (Lipinski definition) is 2. The highest BCUT2D eigenvalue weighted by molar-refractivity contribution is 6.37. The summed E-state index contributed by atoms with van der Waals surface area (Å²) < 4.78 is 52.1. The van der Waals surface area contributed by atoms with Crippen LogP contribution in [-0.2, 0) is 16.0 Å². The lowest BCUT2D eigenvalue weighted by Gasteiger charge is -2.03. The van der Waals surface area contributed by atoms with Crippen molar-refractivity contribution >= 4 is 87.5 Å². The van der Waals surface area contributed by atoms with Crippen LogP contribution in [0.5, 0.6) is 0 Å². The number of nitrogens with one attached hydrogen (secondary N) is 2. The molecule has 4 aromatic carbocycles. The van der Waals surface area contributed by atoms with Gasteiger partial charge in [-0.1, -0.05) is 58.5 Å². The topological polar surface area (TPSA) is 75.3 Å². The predicted molar refractivity (Wildman–Crippen MR) is 160 cm³/mol. The molecular weight excluding hydrogens is 654 g/mol. The Balaban J connectivity index is 0.000000162. The van der Waals surface area contributed by atoms with Crippen molar-refractivity contribution in [2.24, 2.45) is 0 Å². The minimum absolute atomic E-state index is 0.0364. The Morgan fingerprint density at radius 2 is 1.23 bits per heavy atom. The van der Waals surface area contributed by atoms with E-state index in [1.54, 1.807) is 30.3 Å². The summed E-state index contributed by atoms with van der Waals surface area (Å²) in [6.07, 6.45) is 2.09. The molecule has 0 aliphatic carbocycles. The molecule has 43 heavy (non-hydrogen) atoms. The van der Waals surface area contributed by atoms with Crippen LogP contribution in [0, 0.1) is 23.3 Å². The maximum Gasteiger partial charge on any atom is 0.256 e. The van der Waals surface area contributed by atoms with Crippen LogP contribution in [0.25, 0.3) is 11.6 Å². The Morgan fingerprint density at radius 1 is 0.674 bits per heavy atom. The molecule has 5 nitrogen and oxygen atoms in total. The summed E-state index contributed by atoms with van der Waals surface area (Å²) in [6.45, 7) is 0. The van der Waals surface area contributed by atoms with E-state index in [1.807, 2.05) is 6.07 Å². The zero-order valence-electron chi connectivity index (χ0n) is 21.4. The van der Waals surface area contributed by atoms with Gasteiger partial charge < -0.3 is 10.6 Å². The highest BCUT2D eigenvalue weighted by Gasteiger charge is 2.25. The van der Waals surface area contributed by atoms with Gasteiger partial charge in [-0.3, -0.25) is 14.4 Å². The molecule has 0 fully saturated rings. The molecule has 2 N–H and O–H groups in total. The molecule has 220 valence electrons. The summed E-state index contributed by atoms with van der Waals surface area (Å²) in [5.41, 5.74) is 3.09. The largest absolute Gasteiger partial charge is 0.325 e. The fourth-order valence-corrected chi connectivity index (χ4v) is 4.62. The monoisotopic (exact) mass is 668 g/mol. The molecule has 2 heterocycles. The van der Waals surface area contributed by atoms with E-state index < -0.39 is 33.3 Å². The normalized spacial score (nSPS) is 13.6. The van der Waals surface area contributed by atoms with Gasteiger partial charge in [-0.15, -0.1) is 0 Å². The lowest BCUT2D eigenvalue weighted by Crippen LogP contribution is -2.03. The number of anilines is 2. The summed E-state index contributed by atoms with van der Waals surface area (Å²) in [5, 5.41) is 5.24. The number of halogens is 8. The summed E-state index contributed by atoms with van der Waals surface area (Å²) in [4.78, 5) is 32.9. The van der Waals surface area contributed by atoms with Gasteiger partial charge in [0.1, 0.15) is 21.7 Å². The minimum atomic E-state index is -1.01. The molecule has 2 aliphatic heterocycles. The molecule has 0 unspecified atom stereocenters. The van der Waals surface area contributed by atoms with Crippen LogP contribution < -0.4 is 10.6 Å². The summed E-state index contributed by atoms with van der Waals surface area (Å²) in [5.74, 6) is -3.97. The van der Waals surface area contributed by atoms with Crippen molar-refractivity contribution in [3.8, 4) is 0 Å². The first-order valence-electron chi connectivity index (χ1n) is 12.0. The van der Waals surface area contributed by atoms with Crippen molar-refractivity contribution in [1.29, 1.82) is 0 Å². The standard InChI is InChI=1S/C15H7Cl2F2NO.C8H6ClNO.C7H3ClF2O/c16-8-2-3-9-10(15(21)20-12(9)6-8)5-7-1-4-11(18)13(17)14(7)19;9-6-2-1-5-3-8(11)10-7(5)4-6;8-6-5(9)2-1-4(3-11)7(6)10/h1-6H,(H,20,21);1-2,4H,3H2,(H,10,11);1-3H. The maximum atomic E-state index is 13.9. The molecule has 0 atom stereocenters. The summed E-state index contributed by atoms with van der Waals surface area (Å²) in [6, 6.07) is 14.6. The number of amides is 2. The van der Waals surface area contributed by atoms with E-state index in [9.17, 15) is 31.9 Å². The Bertz CT molecular complexity index is 1820. The molecule has 2 amide bonds. The number of carbonyl (C=O) groups excluding carboxylic acids is 3. The first kappa shape index (κ1) is 32.0. The van der Waals surface area contributed by atoms with Gasteiger partial charge >= 0.3 is 0 Å². The molecular formula is C30H16Cl4F4N2O3. The molecule has 6 rings (SSSR count). The van der Waals surface area contributed by atoms with E-state index in [2.05, 4.69) is 10.6 Å². The van der Waals surface area contributed by atoms with Crippen LogP contribution in [0.1, 0.15) is 27.0 Å². The summed E-state index contributed by atoms with van der Waals surface area (Å²) in [7, 11) is 0. The number of benzene rings is 4. The smallest absolute Gasteiger partial charge is 0.256 e. The van der Waals surface area contributed by atoms with E-state index >= 15 is 0 Å². The molecule has 0 bridgehead atoms. The predicted octanol–water partition coefficient (Wildman–Crippen LogP) is 9.03. The third-order valence-corrected chi connectivity index (χ3v) is 7.18. The molecule has 0 radical (unpaired) electrons. The number of carbonyl (C=O) groups is 3. The molecule has 13 heteroatoms. The van der Waals surface area contributed by atoms with Crippen LogP contribution >= 0.6 is 46.4 Å². The number of aldehydes is 1. The van der Waals surface area contributed by atoms with Gasteiger partial charge in [-0.2, -0.15) is 0 Å². The zero-order valence-corrected chi connectivity index (χ0v) is 24.4. The summed E-state index contributed by atoms with van der Waals surface area (Å²) >= 11 is 22.3. The second-order valence-corrected chi connectivity index (χ2v) is 10.5. The molecule has 0 spiro atoms. The highest BCUT2D eigenvalue weighted by atomic mass is 35.5. The number of hydrogen-bond acceptors (Lipinski definition) is 3. The van der Waals surface area contributed by atoms with Crippen LogP contribution in [-0.4, -0.2) is 18.1 Å². The van der Waals surface area contributed by atoms with E-state index in [4.69, 9.17) is 46.4 Å². The van der Waals surface area contributed by atoms with Gasteiger partial charge in [0.05, 0.1) is 17.7 Å². The van der Waals surface area contributed by atoms with E-state index in [-0.39, 0.29) is 34.8 Å². The fourth-order valence-electron chi connectivity index (χ4n) is 3.94. The van der Waals surface area contributed by atoms with Crippen molar-refractivity contribution in [3.05, 3.63) is 126 Å². The molecule has 0 saturated heterocycles. The zero-order chi connectivity index (χ0) is 31.4. The van der Waals surface area contributed by atoms with Gasteiger partial charge in [-0.25, -0.2) is 17.6 Å². The van der Waals surface area contributed by atoms with Crippen LogP contribution in [0.4, 0.5) is 28.9 Å². The quantitative estimate of drug-likeness (QED) is 0.0968. The first-order valence-corrected chi connectivity index (χ1v) is 13.5. The van der Waals surface area contributed by atoms with E-state index in [0.29, 0.717) is 27.7 Å². The lowest BCUT2D eigenvalue weighted by atomic mass is 10.0. The minimum Gasteiger partial charge on any atom is -0.325 e. The van der Waals surface area contributed by atoms with E-state index in [0.717, 1.165) is 29.4 Å². The Morgan fingerprint density at radius 3 is 1.86 bits per heavy atom.